The van der Waals surface area contributed by atoms with Gasteiger partial charge >= 0.3 is 0 Å². The number of methoxy groups -OCH3 is 2. The van der Waals surface area contributed by atoms with Crippen LogP contribution in [0.25, 0.3) is 11.3 Å². The molecule has 0 aliphatic heterocycles. The number of rotatable bonds is 5. The van der Waals surface area contributed by atoms with Gasteiger partial charge in [0.15, 0.2) is 5.69 Å². The molecule has 26 heavy (non-hydrogen) atoms. The lowest BCUT2D eigenvalue weighted by atomic mass is 10.1. The van der Waals surface area contributed by atoms with Gasteiger partial charge in [0, 0.05) is 18.3 Å². The smallest absolute Gasteiger partial charge is 0.276 e. The number of anilines is 1. The van der Waals surface area contributed by atoms with E-state index in [-0.39, 0.29) is 5.91 Å². The highest BCUT2D eigenvalue weighted by molar-refractivity contribution is 6.03. The zero-order valence-corrected chi connectivity index (χ0v) is 15.2. The van der Waals surface area contributed by atoms with E-state index in [1.807, 2.05) is 32.2 Å². The lowest BCUT2D eigenvalue weighted by molar-refractivity contribution is 0.102. The number of hydrogen-bond acceptors (Lipinski definition) is 4. The van der Waals surface area contributed by atoms with Gasteiger partial charge in [-0.3, -0.25) is 9.48 Å². The quantitative estimate of drug-likeness (QED) is 0.762. The summed E-state index contributed by atoms with van der Waals surface area (Å²) in [6, 6.07) is 14.8. The number of nitrogens with one attached hydrogen (secondary N) is 1. The molecule has 6 heteroatoms. The van der Waals surface area contributed by atoms with Crippen LogP contribution in [0.5, 0.6) is 11.5 Å². The molecule has 0 fully saturated rings. The minimum atomic E-state index is -0.262. The standard InChI is InChI=1S/C20H21N3O3/c1-13-11-14(5-10-19(13)26-4)18-12-17(22-23(18)2)20(24)21-15-6-8-16(25-3)9-7-15/h5-12H,1-4H3,(H,21,24). The fourth-order valence-electron chi connectivity index (χ4n) is 2.76. The number of hydrogen-bond donors (Lipinski definition) is 1. The average molecular weight is 351 g/mol. The molecule has 3 rings (SSSR count). The number of carbonyl (C=O) groups is 1. The zero-order chi connectivity index (χ0) is 18.7. The number of benzene rings is 2. The molecule has 1 heterocycles. The van der Waals surface area contributed by atoms with Crippen LogP contribution in [0.4, 0.5) is 5.69 Å². The minimum Gasteiger partial charge on any atom is -0.497 e. The number of carbonyl (C=O) groups excluding carboxylic acids is 1. The van der Waals surface area contributed by atoms with Crippen LogP contribution in [0.3, 0.4) is 0 Å². The fourth-order valence-corrected chi connectivity index (χ4v) is 2.76. The summed E-state index contributed by atoms with van der Waals surface area (Å²) in [4.78, 5) is 12.5. The van der Waals surface area contributed by atoms with E-state index in [1.54, 1.807) is 49.2 Å². The maximum Gasteiger partial charge on any atom is 0.276 e. The largest absolute Gasteiger partial charge is 0.497 e. The van der Waals surface area contributed by atoms with Crippen LogP contribution < -0.4 is 14.8 Å². The van der Waals surface area contributed by atoms with Gasteiger partial charge in [0.2, 0.25) is 0 Å². The molecule has 0 bridgehead atoms. The van der Waals surface area contributed by atoms with Crippen molar-refractivity contribution in [2.75, 3.05) is 19.5 Å². The second kappa shape index (κ2) is 7.31. The lowest BCUT2D eigenvalue weighted by Gasteiger charge is -2.07. The first-order valence-corrected chi connectivity index (χ1v) is 8.16. The van der Waals surface area contributed by atoms with Crippen LogP contribution in [-0.2, 0) is 7.05 Å². The van der Waals surface area contributed by atoms with Crippen molar-refractivity contribution in [3.63, 3.8) is 0 Å². The van der Waals surface area contributed by atoms with E-state index in [2.05, 4.69) is 10.4 Å². The highest BCUT2D eigenvalue weighted by Gasteiger charge is 2.15. The third kappa shape index (κ3) is 3.54. The maximum atomic E-state index is 12.5. The van der Waals surface area contributed by atoms with Crippen molar-refractivity contribution >= 4 is 11.6 Å². The molecule has 0 aliphatic carbocycles. The second-order valence-corrected chi connectivity index (χ2v) is 5.91. The molecule has 2 aromatic carbocycles. The molecule has 1 amide bonds. The molecule has 134 valence electrons. The van der Waals surface area contributed by atoms with Crippen molar-refractivity contribution in [3.8, 4) is 22.8 Å². The van der Waals surface area contributed by atoms with E-state index < -0.39 is 0 Å². The van der Waals surface area contributed by atoms with Gasteiger partial charge in [-0.1, -0.05) is 0 Å². The van der Waals surface area contributed by atoms with E-state index in [9.17, 15) is 4.79 Å². The van der Waals surface area contributed by atoms with E-state index in [4.69, 9.17) is 9.47 Å². The van der Waals surface area contributed by atoms with Gasteiger partial charge in [-0.15, -0.1) is 0 Å². The lowest BCUT2D eigenvalue weighted by Crippen LogP contribution is -2.12. The van der Waals surface area contributed by atoms with Crippen LogP contribution in [0.15, 0.2) is 48.5 Å². The van der Waals surface area contributed by atoms with Crippen LogP contribution in [-0.4, -0.2) is 29.9 Å². The molecule has 0 radical (unpaired) electrons. The molecule has 0 saturated carbocycles. The Morgan fingerprint density at radius 1 is 1.04 bits per heavy atom. The van der Waals surface area contributed by atoms with Gasteiger partial charge in [0.1, 0.15) is 11.5 Å². The Labute approximate surface area is 152 Å². The number of nitrogens with zero attached hydrogens (tertiary/aromatic N) is 2. The van der Waals surface area contributed by atoms with Crippen molar-refractivity contribution in [1.29, 1.82) is 0 Å². The zero-order valence-electron chi connectivity index (χ0n) is 15.2. The first-order chi connectivity index (χ1) is 12.5. The highest BCUT2D eigenvalue weighted by atomic mass is 16.5. The molecule has 0 spiro atoms. The molecule has 6 nitrogen and oxygen atoms in total. The highest BCUT2D eigenvalue weighted by Crippen LogP contribution is 2.26. The third-order valence-corrected chi connectivity index (χ3v) is 4.15. The summed E-state index contributed by atoms with van der Waals surface area (Å²) >= 11 is 0. The summed E-state index contributed by atoms with van der Waals surface area (Å²) in [6.07, 6.45) is 0. The normalized spacial score (nSPS) is 10.5. The molecule has 0 unspecified atom stereocenters. The first kappa shape index (κ1) is 17.5. The van der Waals surface area contributed by atoms with Crippen molar-refractivity contribution in [2.45, 2.75) is 6.92 Å². The SMILES string of the molecule is COc1ccc(NC(=O)c2cc(-c3ccc(OC)c(C)c3)n(C)n2)cc1. The summed E-state index contributed by atoms with van der Waals surface area (Å²) in [5.41, 5.74) is 3.89. The molecule has 0 atom stereocenters. The first-order valence-electron chi connectivity index (χ1n) is 8.16. The minimum absolute atomic E-state index is 0.262. The summed E-state index contributed by atoms with van der Waals surface area (Å²) in [5, 5.41) is 7.18. The van der Waals surface area contributed by atoms with Gasteiger partial charge in [0.05, 0.1) is 19.9 Å². The Morgan fingerprint density at radius 2 is 1.77 bits per heavy atom. The molecule has 3 aromatic rings. The third-order valence-electron chi connectivity index (χ3n) is 4.15. The van der Waals surface area contributed by atoms with Gasteiger partial charge in [-0.2, -0.15) is 5.10 Å². The van der Waals surface area contributed by atoms with Crippen molar-refractivity contribution in [2.24, 2.45) is 7.05 Å². The van der Waals surface area contributed by atoms with Gasteiger partial charge in [0.25, 0.3) is 5.91 Å². The van der Waals surface area contributed by atoms with Crippen molar-refractivity contribution in [3.05, 3.63) is 59.8 Å². The monoisotopic (exact) mass is 351 g/mol. The Bertz CT molecular complexity index is 930. The van der Waals surface area contributed by atoms with Crippen LogP contribution >= 0.6 is 0 Å². The maximum absolute atomic E-state index is 12.5. The summed E-state index contributed by atoms with van der Waals surface area (Å²) in [7, 11) is 5.07. The van der Waals surface area contributed by atoms with E-state index in [0.29, 0.717) is 11.4 Å². The predicted molar refractivity (Wildman–Crippen MR) is 101 cm³/mol. The number of aromatic nitrogens is 2. The average Bonchev–Trinajstić information content (AvgIpc) is 3.04. The second-order valence-electron chi connectivity index (χ2n) is 5.91. The van der Waals surface area contributed by atoms with Crippen molar-refractivity contribution in [1.82, 2.24) is 9.78 Å². The van der Waals surface area contributed by atoms with E-state index >= 15 is 0 Å². The predicted octanol–water partition coefficient (Wildman–Crippen LogP) is 3.67. The summed E-state index contributed by atoms with van der Waals surface area (Å²) in [5.74, 6) is 1.30. The molecule has 1 aromatic heterocycles. The number of aryl methyl sites for hydroxylation is 2. The van der Waals surface area contributed by atoms with Crippen LogP contribution in [0.2, 0.25) is 0 Å². The van der Waals surface area contributed by atoms with Crippen molar-refractivity contribution < 1.29 is 14.3 Å². The summed E-state index contributed by atoms with van der Waals surface area (Å²) in [6.45, 7) is 1.98. The molecular formula is C20H21N3O3. The Hall–Kier alpha value is -3.28. The number of amides is 1. The van der Waals surface area contributed by atoms with Gasteiger partial charge < -0.3 is 14.8 Å². The molecule has 0 saturated heterocycles. The Morgan fingerprint density at radius 3 is 2.38 bits per heavy atom. The topological polar surface area (TPSA) is 65.4 Å². The Kier molecular flexibility index (Phi) is 4.93. The van der Waals surface area contributed by atoms with Crippen LogP contribution in [0, 0.1) is 6.92 Å². The van der Waals surface area contributed by atoms with Gasteiger partial charge in [-0.05, 0) is 61.0 Å². The summed E-state index contributed by atoms with van der Waals surface area (Å²) < 4.78 is 12.1. The molecule has 1 N–H and O–H groups in total. The molecule has 0 aliphatic rings. The fraction of sp³-hybridized carbons (Fsp3) is 0.200. The van der Waals surface area contributed by atoms with E-state index in [0.717, 1.165) is 28.3 Å². The molecular weight excluding hydrogens is 330 g/mol. The van der Waals surface area contributed by atoms with E-state index in [1.165, 1.54) is 0 Å². The van der Waals surface area contributed by atoms with Gasteiger partial charge in [-0.25, -0.2) is 0 Å². The Balaban J connectivity index is 1.82. The number of ether oxygens (including phenoxy) is 2. The van der Waals surface area contributed by atoms with Crippen LogP contribution in [0.1, 0.15) is 16.1 Å².